The molecular formula is C20H32N2O3. The number of benzene rings is 1. The summed E-state index contributed by atoms with van der Waals surface area (Å²) < 4.78 is 5.07. The first kappa shape index (κ1) is 24.7. The van der Waals surface area contributed by atoms with Gasteiger partial charge < -0.3 is 15.2 Å². The molecule has 140 valence electrons. The van der Waals surface area contributed by atoms with Gasteiger partial charge in [-0.2, -0.15) is 0 Å². The van der Waals surface area contributed by atoms with E-state index in [0.29, 0.717) is 12.4 Å². The van der Waals surface area contributed by atoms with Crippen molar-refractivity contribution in [2.45, 2.75) is 48.1 Å². The SMILES string of the molecule is CC.CC.CC.COc1ccc(CNc2ncccc2C(=O)O)cc1. The van der Waals surface area contributed by atoms with E-state index in [1.807, 2.05) is 65.8 Å². The number of pyridine rings is 1. The second kappa shape index (κ2) is 16.3. The fourth-order valence-electron chi connectivity index (χ4n) is 1.65. The highest BCUT2D eigenvalue weighted by Gasteiger charge is 2.09. The highest BCUT2D eigenvalue weighted by atomic mass is 16.5. The standard InChI is InChI=1S/C14H14N2O3.3C2H6/c1-19-11-6-4-10(5-7-11)9-16-13-12(14(17)18)3-2-8-15-13;3*1-2/h2-8H,9H2,1H3,(H,15,16)(H,17,18);3*1-2H3. The van der Waals surface area contributed by atoms with Crippen LogP contribution in [0.15, 0.2) is 42.6 Å². The summed E-state index contributed by atoms with van der Waals surface area (Å²) >= 11 is 0. The van der Waals surface area contributed by atoms with Gasteiger partial charge in [0.05, 0.1) is 7.11 Å². The van der Waals surface area contributed by atoms with E-state index >= 15 is 0 Å². The van der Waals surface area contributed by atoms with Gasteiger partial charge in [0.25, 0.3) is 0 Å². The first-order valence-electron chi connectivity index (χ1n) is 8.76. The number of nitrogens with one attached hydrogen (secondary N) is 1. The third-order valence-corrected chi connectivity index (χ3v) is 2.66. The fourth-order valence-corrected chi connectivity index (χ4v) is 1.65. The van der Waals surface area contributed by atoms with Gasteiger partial charge in [0.1, 0.15) is 17.1 Å². The van der Waals surface area contributed by atoms with Crippen molar-refractivity contribution < 1.29 is 14.6 Å². The molecule has 1 heterocycles. The molecule has 0 fully saturated rings. The molecule has 0 bridgehead atoms. The Hall–Kier alpha value is -2.56. The number of aromatic carboxylic acids is 1. The van der Waals surface area contributed by atoms with Crippen LogP contribution < -0.4 is 10.1 Å². The molecule has 0 saturated heterocycles. The Balaban J connectivity index is 0. The van der Waals surface area contributed by atoms with Crippen LogP contribution in [0.3, 0.4) is 0 Å². The van der Waals surface area contributed by atoms with Crippen LogP contribution in [0, 0.1) is 0 Å². The lowest BCUT2D eigenvalue weighted by Gasteiger charge is -2.08. The first-order chi connectivity index (χ1) is 12.2. The fraction of sp³-hybridized carbons (Fsp3) is 0.400. The Morgan fingerprint density at radius 3 is 2.08 bits per heavy atom. The van der Waals surface area contributed by atoms with E-state index in [1.54, 1.807) is 19.4 Å². The number of hydrogen-bond acceptors (Lipinski definition) is 4. The number of hydrogen-bond donors (Lipinski definition) is 2. The van der Waals surface area contributed by atoms with E-state index < -0.39 is 5.97 Å². The van der Waals surface area contributed by atoms with E-state index in [9.17, 15) is 4.79 Å². The van der Waals surface area contributed by atoms with Crippen LogP contribution in [-0.2, 0) is 6.54 Å². The van der Waals surface area contributed by atoms with Crippen LogP contribution in [0.2, 0.25) is 0 Å². The molecule has 0 aliphatic heterocycles. The van der Waals surface area contributed by atoms with Crippen molar-refractivity contribution in [3.05, 3.63) is 53.7 Å². The van der Waals surface area contributed by atoms with Gasteiger partial charge in [-0.3, -0.25) is 0 Å². The maximum absolute atomic E-state index is 11.0. The minimum atomic E-state index is -0.995. The zero-order valence-electron chi connectivity index (χ0n) is 16.5. The molecule has 2 rings (SSSR count). The normalized spacial score (nSPS) is 8.28. The molecule has 25 heavy (non-hydrogen) atoms. The summed E-state index contributed by atoms with van der Waals surface area (Å²) in [6.07, 6.45) is 1.56. The quantitative estimate of drug-likeness (QED) is 0.748. The summed E-state index contributed by atoms with van der Waals surface area (Å²) in [6, 6.07) is 10.7. The maximum atomic E-state index is 11.0. The molecule has 0 spiro atoms. The van der Waals surface area contributed by atoms with Gasteiger partial charge in [-0.1, -0.05) is 53.7 Å². The lowest BCUT2D eigenvalue weighted by atomic mass is 10.2. The molecular weight excluding hydrogens is 316 g/mol. The average Bonchev–Trinajstić information content (AvgIpc) is 2.71. The van der Waals surface area contributed by atoms with Crippen molar-refractivity contribution in [1.82, 2.24) is 4.98 Å². The number of nitrogens with zero attached hydrogens (tertiary/aromatic N) is 1. The second-order valence-corrected chi connectivity index (χ2v) is 3.91. The topological polar surface area (TPSA) is 71.5 Å². The zero-order chi connectivity index (χ0) is 19.7. The van der Waals surface area contributed by atoms with E-state index in [2.05, 4.69) is 10.3 Å². The zero-order valence-corrected chi connectivity index (χ0v) is 16.5. The Morgan fingerprint density at radius 1 is 1.04 bits per heavy atom. The van der Waals surface area contributed by atoms with E-state index in [0.717, 1.165) is 11.3 Å². The number of anilines is 1. The number of carboxylic acid groups (broad SMARTS) is 1. The number of methoxy groups -OCH3 is 1. The van der Waals surface area contributed by atoms with Gasteiger partial charge >= 0.3 is 5.97 Å². The third kappa shape index (κ3) is 9.35. The average molecular weight is 348 g/mol. The molecule has 0 unspecified atom stereocenters. The largest absolute Gasteiger partial charge is 0.497 e. The number of rotatable bonds is 5. The predicted octanol–water partition coefficient (Wildman–Crippen LogP) is 5.48. The summed E-state index contributed by atoms with van der Waals surface area (Å²) in [5.41, 5.74) is 1.18. The van der Waals surface area contributed by atoms with Crippen molar-refractivity contribution in [1.29, 1.82) is 0 Å². The van der Waals surface area contributed by atoms with Crippen LogP contribution >= 0.6 is 0 Å². The molecule has 2 aromatic rings. The molecule has 0 saturated carbocycles. The molecule has 5 nitrogen and oxygen atoms in total. The summed E-state index contributed by atoms with van der Waals surface area (Å²) in [6.45, 7) is 12.5. The maximum Gasteiger partial charge on any atom is 0.339 e. The molecule has 0 aliphatic carbocycles. The highest BCUT2D eigenvalue weighted by molar-refractivity contribution is 5.92. The number of carbonyl (C=O) groups is 1. The van der Waals surface area contributed by atoms with E-state index in [4.69, 9.17) is 9.84 Å². The minimum absolute atomic E-state index is 0.163. The molecule has 1 aromatic carbocycles. The lowest BCUT2D eigenvalue weighted by Crippen LogP contribution is -2.07. The van der Waals surface area contributed by atoms with Crippen LogP contribution in [0.4, 0.5) is 5.82 Å². The number of ether oxygens (including phenoxy) is 1. The van der Waals surface area contributed by atoms with Gasteiger partial charge in [-0.05, 0) is 29.8 Å². The van der Waals surface area contributed by atoms with Gasteiger partial charge in [0, 0.05) is 12.7 Å². The highest BCUT2D eigenvalue weighted by Crippen LogP contribution is 2.15. The molecule has 5 heteroatoms. The Kier molecular flexibility index (Phi) is 16.1. The van der Waals surface area contributed by atoms with Crippen molar-refractivity contribution in [2.75, 3.05) is 12.4 Å². The summed E-state index contributed by atoms with van der Waals surface area (Å²) in [5, 5.41) is 12.1. The summed E-state index contributed by atoms with van der Waals surface area (Å²) in [7, 11) is 1.61. The molecule has 0 atom stereocenters. The van der Waals surface area contributed by atoms with Crippen LogP contribution in [0.25, 0.3) is 0 Å². The van der Waals surface area contributed by atoms with Gasteiger partial charge in [0.15, 0.2) is 0 Å². The van der Waals surface area contributed by atoms with Crippen molar-refractivity contribution >= 4 is 11.8 Å². The van der Waals surface area contributed by atoms with Crippen LogP contribution in [0.1, 0.15) is 57.5 Å². The van der Waals surface area contributed by atoms with Crippen molar-refractivity contribution in [3.63, 3.8) is 0 Å². The molecule has 0 radical (unpaired) electrons. The van der Waals surface area contributed by atoms with Crippen LogP contribution in [-0.4, -0.2) is 23.2 Å². The Bertz CT molecular complexity index is 569. The molecule has 0 aliphatic rings. The van der Waals surface area contributed by atoms with Crippen molar-refractivity contribution in [2.24, 2.45) is 0 Å². The lowest BCUT2D eigenvalue weighted by molar-refractivity contribution is 0.0697. The van der Waals surface area contributed by atoms with Gasteiger partial charge in [0.2, 0.25) is 0 Å². The summed E-state index contributed by atoms with van der Waals surface area (Å²) in [4.78, 5) is 15.1. The molecule has 2 N–H and O–H groups in total. The van der Waals surface area contributed by atoms with Gasteiger partial charge in [-0.25, -0.2) is 9.78 Å². The Labute approximate surface area is 152 Å². The van der Waals surface area contributed by atoms with Crippen molar-refractivity contribution in [3.8, 4) is 5.75 Å². The number of carboxylic acids is 1. The molecule has 1 aromatic heterocycles. The second-order valence-electron chi connectivity index (χ2n) is 3.91. The van der Waals surface area contributed by atoms with E-state index in [1.165, 1.54) is 6.07 Å². The smallest absolute Gasteiger partial charge is 0.339 e. The van der Waals surface area contributed by atoms with Crippen LogP contribution in [0.5, 0.6) is 5.75 Å². The minimum Gasteiger partial charge on any atom is -0.497 e. The Morgan fingerprint density at radius 2 is 1.60 bits per heavy atom. The van der Waals surface area contributed by atoms with Gasteiger partial charge in [-0.15, -0.1) is 0 Å². The third-order valence-electron chi connectivity index (χ3n) is 2.66. The summed E-state index contributed by atoms with van der Waals surface area (Å²) in [5.74, 6) is 0.156. The predicted molar refractivity (Wildman–Crippen MR) is 106 cm³/mol. The monoisotopic (exact) mass is 348 g/mol. The first-order valence-corrected chi connectivity index (χ1v) is 8.76. The number of aromatic nitrogens is 1. The molecule has 0 amide bonds. The van der Waals surface area contributed by atoms with E-state index in [-0.39, 0.29) is 5.56 Å².